The number of carbonyl (C=O) groups is 3. The van der Waals surface area contributed by atoms with Crippen LogP contribution in [0.5, 0.6) is 11.5 Å². The standard InChI is InChI=1S/C22H18ClN3O5S2/c23-15-6-4-14(5-7-15)20(28)25-24-19(27)2-1-9-26-21(29)18(33-22(26)32)11-13-3-8-16-17(10-13)31-12-30-16/h3-8,10-11H,1-2,9,12H2,(H,24,27)(H,25,28)/b18-11-. The predicted octanol–water partition coefficient (Wildman–Crippen LogP) is 3.51. The maximum absolute atomic E-state index is 12.8. The minimum absolute atomic E-state index is 0.110. The van der Waals surface area contributed by atoms with Crippen LogP contribution in [0.3, 0.4) is 0 Å². The third-order valence-electron chi connectivity index (χ3n) is 4.78. The number of hydrogen-bond acceptors (Lipinski definition) is 7. The number of ether oxygens (including phenoxy) is 2. The smallest absolute Gasteiger partial charge is 0.269 e. The topological polar surface area (TPSA) is 97.0 Å². The summed E-state index contributed by atoms with van der Waals surface area (Å²) in [5.74, 6) is 0.263. The molecule has 0 aromatic heterocycles. The van der Waals surface area contributed by atoms with E-state index in [1.54, 1.807) is 42.5 Å². The van der Waals surface area contributed by atoms with E-state index in [0.29, 0.717) is 44.3 Å². The highest BCUT2D eigenvalue weighted by molar-refractivity contribution is 8.26. The van der Waals surface area contributed by atoms with E-state index in [1.165, 1.54) is 16.7 Å². The molecular weight excluding hydrogens is 486 g/mol. The summed E-state index contributed by atoms with van der Waals surface area (Å²) in [6.07, 6.45) is 2.24. The molecule has 8 nitrogen and oxygen atoms in total. The van der Waals surface area contributed by atoms with Crippen molar-refractivity contribution in [1.29, 1.82) is 0 Å². The van der Waals surface area contributed by atoms with E-state index < -0.39 is 5.91 Å². The fourth-order valence-corrected chi connectivity index (χ4v) is 4.54. The lowest BCUT2D eigenvalue weighted by molar-refractivity contribution is -0.124. The van der Waals surface area contributed by atoms with Crippen molar-refractivity contribution in [2.45, 2.75) is 12.8 Å². The van der Waals surface area contributed by atoms with Gasteiger partial charge in [0, 0.05) is 23.6 Å². The van der Waals surface area contributed by atoms with Gasteiger partial charge in [0.05, 0.1) is 4.91 Å². The van der Waals surface area contributed by atoms with Crippen molar-refractivity contribution in [2.24, 2.45) is 0 Å². The van der Waals surface area contributed by atoms with Crippen LogP contribution in [0.15, 0.2) is 47.4 Å². The maximum Gasteiger partial charge on any atom is 0.269 e. The van der Waals surface area contributed by atoms with Crippen LogP contribution in [0.4, 0.5) is 0 Å². The second kappa shape index (κ2) is 10.2. The Morgan fingerprint density at radius 1 is 1.12 bits per heavy atom. The Balaban J connectivity index is 1.25. The fraction of sp³-hybridized carbons (Fsp3) is 0.182. The van der Waals surface area contributed by atoms with Crippen molar-refractivity contribution in [2.75, 3.05) is 13.3 Å². The molecule has 2 aromatic carbocycles. The molecular formula is C22H18ClN3O5S2. The van der Waals surface area contributed by atoms with Gasteiger partial charge in [0.25, 0.3) is 11.8 Å². The molecule has 2 heterocycles. The summed E-state index contributed by atoms with van der Waals surface area (Å²) in [6, 6.07) is 11.7. The number of amides is 3. The first-order chi connectivity index (χ1) is 15.9. The van der Waals surface area contributed by atoms with Crippen molar-refractivity contribution in [3.05, 3.63) is 63.5 Å². The molecule has 0 aliphatic carbocycles. The summed E-state index contributed by atoms with van der Waals surface area (Å²) in [7, 11) is 0. The number of rotatable bonds is 6. The quantitative estimate of drug-likeness (QED) is 0.353. The van der Waals surface area contributed by atoms with Gasteiger partial charge in [0.1, 0.15) is 4.32 Å². The van der Waals surface area contributed by atoms with Gasteiger partial charge < -0.3 is 9.47 Å². The van der Waals surface area contributed by atoms with Crippen LogP contribution < -0.4 is 20.3 Å². The van der Waals surface area contributed by atoms with E-state index in [-0.39, 0.29) is 25.0 Å². The zero-order valence-electron chi connectivity index (χ0n) is 17.1. The highest BCUT2D eigenvalue weighted by Crippen LogP contribution is 2.36. The van der Waals surface area contributed by atoms with Crippen LogP contribution in [-0.2, 0) is 9.59 Å². The maximum atomic E-state index is 12.8. The summed E-state index contributed by atoms with van der Waals surface area (Å²) in [6.45, 7) is 0.473. The van der Waals surface area contributed by atoms with Crippen LogP contribution in [0.25, 0.3) is 6.08 Å². The number of thiocarbonyl (C=S) groups is 1. The minimum Gasteiger partial charge on any atom is -0.454 e. The van der Waals surface area contributed by atoms with Crippen LogP contribution in [0, 0.1) is 0 Å². The summed E-state index contributed by atoms with van der Waals surface area (Å²) in [5, 5.41) is 0.511. The minimum atomic E-state index is -0.453. The predicted molar refractivity (Wildman–Crippen MR) is 129 cm³/mol. The van der Waals surface area contributed by atoms with Crippen molar-refractivity contribution < 1.29 is 23.9 Å². The van der Waals surface area contributed by atoms with Crippen molar-refractivity contribution >= 4 is 63.7 Å². The molecule has 0 saturated carbocycles. The number of nitrogens with one attached hydrogen (secondary N) is 2. The largest absolute Gasteiger partial charge is 0.454 e. The summed E-state index contributed by atoms with van der Waals surface area (Å²) < 4.78 is 11.1. The molecule has 0 atom stereocenters. The van der Waals surface area contributed by atoms with Gasteiger partial charge in [0.15, 0.2) is 11.5 Å². The molecule has 1 fully saturated rings. The molecule has 0 spiro atoms. The highest BCUT2D eigenvalue weighted by Gasteiger charge is 2.31. The average molecular weight is 504 g/mol. The molecule has 11 heteroatoms. The molecule has 2 aromatic rings. The van der Waals surface area contributed by atoms with Crippen LogP contribution in [0.1, 0.15) is 28.8 Å². The number of thioether (sulfide) groups is 1. The van der Waals surface area contributed by atoms with Gasteiger partial charge in [-0.25, -0.2) is 0 Å². The number of carbonyl (C=O) groups excluding carboxylic acids is 3. The Labute approximate surface area is 204 Å². The third kappa shape index (κ3) is 5.65. The molecule has 2 aliphatic rings. The second-order valence-electron chi connectivity index (χ2n) is 7.06. The van der Waals surface area contributed by atoms with E-state index >= 15 is 0 Å². The zero-order valence-corrected chi connectivity index (χ0v) is 19.5. The van der Waals surface area contributed by atoms with Gasteiger partial charge in [-0.1, -0.05) is 41.6 Å². The third-order valence-corrected chi connectivity index (χ3v) is 6.41. The molecule has 33 heavy (non-hydrogen) atoms. The van der Waals surface area contributed by atoms with Gasteiger partial charge in [-0.3, -0.25) is 30.1 Å². The van der Waals surface area contributed by atoms with Gasteiger partial charge in [-0.2, -0.15) is 0 Å². The van der Waals surface area contributed by atoms with E-state index in [2.05, 4.69) is 10.9 Å². The number of benzene rings is 2. The summed E-state index contributed by atoms with van der Waals surface area (Å²) in [5.41, 5.74) is 5.87. The molecule has 0 radical (unpaired) electrons. The number of fused-ring (bicyclic) bond motifs is 1. The molecule has 0 unspecified atom stereocenters. The SMILES string of the molecule is O=C(CCCN1C(=O)/C(=C/c2ccc3c(c2)OCO3)SC1=S)NNC(=O)c1ccc(Cl)cc1. The fourth-order valence-electron chi connectivity index (χ4n) is 3.11. The lowest BCUT2D eigenvalue weighted by Crippen LogP contribution is -2.41. The van der Waals surface area contributed by atoms with Crippen LogP contribution in [-0.4, -0.2) is 40.3 Å². The van der Waals surface area contributed by atoms with Crippen molar-refractivity contribution in [1.82, 2.24) is 15.8 Å². The number of hydrazine groups is 1. The molecule has 1 saturated heterocycles. The molecule has 170 valence electrons. The average Bonchev–Trinajstić information content (AvgIpc) is 3.37. The molecule has 2 N–H and O–H groups in total. The van der Waals surface area contributed by atoms with Gasteiger partial charge >= 0.3 is 0 Å². The zero-order chi connectivity index (χ0) is 23.4. The van der Waals surface area contributed by atoms with Gasteiger partial charge in [0.2, 0.25) is 12.7 Å². The van der Waals surface area contributed by atoms with E-state index in [4.69, 9.17) is 33.3 Å². The summed E-state index contributed by atoms with van der Waals surface area (Å²) >= 11 is 12.3. The second-order valence-corrected chi connectivity index (χ2v) is 9.17. The van der Waals surface area contributed by atoms with Crippen LogP contribution in [0.2, 0.25) is 5.02 Å². The van der Waals surface area contributed by atoms with Crippen molar-refractivity contribution in [3.63, 3.8) is 0 Å². The lowest BCUT2D eigenvalue weighted by atomic mass is 10.2. The van der Waals surface area contributed by atoms with Crippen LogP contribution >= 0.6 is 35.6 Å². The lowest BCUT2D eigenvalue weighted by Gasteiger charge is -2.14. The number of nitrogens with zero attached hydrogens (tertiary/aromatic N) is 1. The Morgan fingerprint density at radius 2 is 1.88 bits per heavy atom. The Morgan fingerprint density at radius 3 is 2.67 bits per heavy atom. The molecule has 4 rings (SSSR count). The monoisotopic (exact) mass is 503 g/mol. The normalized spacial score (nSPS) is 15.8. The highest BCUT2D eigenvalue weighted by atomic mass is 35.5. The van der Waals surface area contributed by atoms with E-state index in [1.807, 2.05) is 6.07 Å². The van der Waals surface area contributed by atoms with Crippen molar-refractivity contribution in [3.8, 4) is 11.5 Å². The Kier molecular flexibility index (Phi) is 7.17. The Bertz CT molecular complexity index is 1150. The van der Waals surface area contributed by atoms with E-state index in [0.717, 1.165) is 5.56 Å². The first-order valence-corrected chi connectivity index (χ1v) is 11.5. The molecule has 3 amide bonds. The summed E-state index contributed by atoms with van der Waals surface area (Å²) in [4.78, 5) is 38.8. The van der Waals surface area contributed by atoms with Gasteiger partial charge in [-0.15, -0.1) is 0 Å². The van der Waals surface area contributed by atoms with E-state index in [9.17, 15) is 14.4 Å². The molecule has 2 aliphatic heterocycles. The number of halogens is 1. The molecule has 0 bridgehead atoms. The first-order valence-electron chi connectivity index (χ1n) is 9.90. The Hall–Kier alpha value is -3.08. The van der Waals surface area contributed by atoms with Gasteiger partial charge in [-0.05, 0) is 54.5 Å². The first kappa shape index (κ1) is 23.1. The number of hydrogen-bond donors (Lipinski definition) is 2.